The maximum absolute atomic E-state index is 5.73. The average molecular weight is 206 g/mol. The Balaban J connectivity index is 1.77. The lowest BCUT2D eigenvalue weighted by Crippen LogP contribution is -2.15. The Morgan fingerprint density at radius 2 is 2.00 bits per heavy atom. The molecule has 1 aromatic rings. The van der Waals surface area contributed by atoms with E-state index in [1.807, 2.05) is 18.2 Å². The van der Waals surface area contributed by atoms with Crippen molar-refractivity contribution >= 4 is 0 Å². The van der Waals surface area contributed by atoms with Gasteiger partial charge in [-0.15, -0.1) is 0 Å². The molecule has 0 amide bonds. The van der Waals surface area contributed by atoms with Crippen LogP contribution in [0.5, 0.6) is 0 Å². The quantitative estimate of drug-likeness (QED) is 0.756. The number of benzene rings is 1. The monoisotopic (exact) mass is 206 g/mol. The summed E-state index contributed by atoms with van der Waals surface area (Å²) in [6.07, 6.45) is 4.70. The first-order valence-electron chi connectivity index (χ1n) is 5.72. The highest BCUT2D eigenvalue weighted by Crippen LogP contribution is 2.15. The van der Waals surface area contributed by atoms with Crippen molar-refractivity contribution in [3.8, 4) is 0 Å². The van der Waals surface area contributed by atoms with Gasteiger partial charge in [0.1, 0.15) is 0 Å². The third-order valence-corrected chi connectivity index (χ3v) is 2.67. The molecule has 2 rings (SSSR count). The van der Waals surface area contributed by atoms with Crippen molar-refractivity contribution in [1.29, 1.82) is 0 Å². The topological polar surface area (TPSA) is 18.5 Å². The highest BCUT2D eigenvalue weighted by atomic mass is 16.7. The molecule has 0 bridgehead atoms. The minimum absolute atomic E-state index is 0.00714. The van der Waals surface area contributed by atoms with Gasteiger partial charge >= 0.3 is 0 Å². The van der Waals surface area contributed by atoms with Gasteiger partial charge < -0.3 is 9.47 Å². The van der Waals surface area contributed by atoms with Crippen LogP contribution in [0.2, 0.25) is 0 Å². The molecule has 1 unspecified atom stereocenters. The smallest absolute Gasteiger partial charge is 0.158 e. The molecule has 1 atom stereocenters. The summed E-state index contributed by atoms with van der Waals surface area (Å²) < 4.78 is 11.3. The molecule has 0 saturated carbocycles. The van der Waals surface area contributed by atoms with Gasteiger partial charge in [-0.3, -0.25) is 0 Å². The zero-order chi connectivity index (χ0) is 10.3. The zero-order valence-corrected chi connectivity index (χ0v) is 9.02. The van der Waals surface area contributed by atoms with Crippen LogP contribution in [0.25, 0.3) is 0 Å². The average Bonchev–Trinajstić information content (AvgIpc) is 2.56. The van der Waals surface area contributed by atoms with E-state index in [9.17, 15) is 0 Å². The summed E-state index contributed by atoms with van der Waals surface area (Å²) in [7, 11) is 0. The number of hydrogen-bond acceptors (Lipinski definition) is 2. The fourth-order valence-electron chi connectivity index (χ4n) is 1.78. The second-order valence-electron chi connectivity index (χ2n) is 3.95. The van der Waals surface area contributed by atoms with E-state index in [1.54, 1.807) is 0 Å². The van der Waals surface area contributed by atoms with Crippen molar-refractivity contribution in [3.63, 3.8) is 0 Å². The largest absolute Gasteiger partial charge is 0.353 e. The van der Waals surface area contributed by atoms with E-state index in [0.717, 1.165) is 13.0 Å². The van der Waals surface area contributed by atoms with Gasteiger partial charge in [0.2, 0.25) is 0 Å². The van der Waals surface area contributed by atoms with Crippen LogP contribution in [0.15, 0.2) is 30.3 Å². The van der Waals surface area contributed by atoms with Gasteiger partial charge in [0, 0.05) is 6.61 Å². The molecule has 0 aromatic heterocycles. The minimum atomic E-state index is 0.00714. The molecule has 1 aliphatic heterocycles. The fraction of sp³-hybridized carbons (Fsp3) is 0.538. The SMILES string of the molecule is c1ccc(COC2CCCCCO2)cc1. The lowest BCUT2D eigenvalue weighted by Gasteiger charge is -2.15. The number of ether oxygens (including phenoxy) is 2. The second kappa shape index (κ2) is 5.89. The number of rotatable bonds is 3. The highest BCUT2D eigenvalue weighted by Gasteiger charge is 2.12. The van der Waals surface area contributed by atoms with Crippen LogP contribution in [0.1, 0.15) is 31.2 Å². The first-order chi connectivity index (χ1) is 7.45. The molecule has 15 heavy (non-hydrogen) atoms. The maximum Gasteiger partial charge on any atom is 0.158 e. The Labute approximate surface area is 91.2 Å². The van der Waals surface area contributed by atoms with Gasteiger partial charge in [0.05, 0.1) is 6.61 Å². The van der Waals surface area contributed by atoms with Crippen molar-refractivity contribution in [2.75, 3.05) is 6.61 Å². The molecule has 1 aliphatic rings. The molecular formula is C13H18O2. The van der Waals surface area contributed by atoms with Gasteiger partial charge in [-0.05, 0) is 24.8 Å². The molecule has 2 heteroatoms. The van der Waals surface area contributed by atoms with Crippen molar-refractivity contribution in [2.24, 2.45) is 0 Å². The van der Waals surface area contributed by atoms with E-state index >= 15 is 0 Å². The van der Waals surface area contributed by atoms with E-state index < -0.39 is 0 Å². The molecule has 82 valence electrons. The maximum atomic E-state index is 5.73. The van der Waals surface area contributed by atoms with Gasteiger partial charge in [-0.25, -0.2) is 0 Å². The molecule has 0 radical (unpaired) electrons. The first-order valence-corrected chi connectivity index (χ1v) is 5.72. The summed E-state index contributed by atoms with van der Waals surface area (Å²) in [4.78, 5) is 0. The summed E-state index contributed by atoms with van der Waals surface area (Å²) in [6, 6.07) is 10.2. The summed E-state index contributed by atoms with van der Waals surface area (Å²) >= 11 is 0. The molecule has 0 aliphatic carbocycles. The van der Waals surface area contributed by atoms with Crippen LogP contribution >= 0.6 is 0 Å². The Kier molecular flexibility index (Phi) is 4.18. The summed E-state index contributed by atoms with van der Waals surface area (Å²) in [5.41, 5.74) is 1.21. The highest BCUT2D eigenvalue weighted by molar-refractivity contribution is 5.13. The molecule has 0 N–H and O–H groups in total. The lowest BCUT2D eigenvalue weighted by atomic mass is 10.2. The van der Waals surface area contributed by atoms with Crippen LogP contribution < -0.4 is 0 Å². The molecule has 2 nitrogen and oxygen atoms in total. The van der Waals surface area contributed by atoms with Gasteiger partial charge in [-0.2, -0.15) is 0 Å². The predicted molar refractivity (Wildman–Crippen MR) is 59.4 cm³/mol. The van der Waals surface area contributed by atoms with Gasteiger partial charge in [-0.1, -0.05) is 36.8 Å². The van der Waals surface area contributed by atoms with Crippen LogP contribution in [0.4, 0.5) is 0 Å². The molecule has 1 aromatic carbocycles. The van der Waals surface area contributed by atoms with E-state index in [-0.39, 0.29) is 6.29 Å². The van der Waals surface area contributed by atoms with Crippen LogP contribution in [-0.2, 0) is 16.1 Å². The molecular weight excluding hydrogens is 188 g/mol. The normalized spacial score (nSPS) is 22.3. The molecule has 1 saturated heterocycles. The van der Waals surface area contributed by atoms with Crippen molar-refractivity contribution < 1.29 is 9.47 Å². The molecule has 0 spiro atoms. The molecule has 1 heterocycles. The van der Waals surface area contributed by atoms with E-state index in [4.69, 9.17) is 9.47 Å². The molecule has 1 fully saturated rings. The van der Waals surface area contributed by atoms with Crippen molar-refractivity contribution in [1.82, 2.24) is 0 Å². The minimum Gasteiger partial charge on any atom is -0.353 e. The summed E-state index contributed by atoms with van der Waals surface area (Å²) in [6.45, 7) is 1.50. The first kappa shape index (κ1) is 10.7. The van der Waals surface area contributed by atoms with Crippen LogP contribution in [-0.4, -0.2) is 12.9 Å². The second-order valence-corrected chi connectivity index (χ2v) is 3.95. The number of hydrogen-bond donors (Lipinski definition) is 0. The van der Waals surface area contributed by atoms with Crippen LogP contribution in [0, 0.1) is 0 Å². The van der Waals surface area contributed by atoms with Gasteiger partial charge in [0.25, 0.3) is 0 Å². The van der Waals surface area contributed by atoms with Crippen LogP contribution in [0.3, 0.4) is 0 Å². The zero-order valence-electron chi connectivity index (χ0n) is 9.02. The summed E-state index contributed by atoms with van der Waals surface area (Å²) in [5.74, 6) is 0. The third kappa shape index (κ3) is 3.65. The Hall–Kier alpha value is -0.860. The lowest BCUT2D eigenvalue weighted by molar-refractivity contribution is -0.147. The Morgan fingerprint density at radius 1 is 1.13 bits per heavy atom. The third-order valence-electron chi connectivity index (χ3n) is 2.67. The summed E-state index contributed by atoms with van der Waals surface area (Å²) in [5, 5.41) is 0. The van der Waals surface area contributed by atoms with E-state index in [1.165, 1.54) is 24.8 Å². The van der Waals surface area contributed by atoms with E-state index in [2.05, 4.69) is 12.1 Å². The predicted octanol–water partition coefficient (Wildman–Crippen LogP) is 3.12. The Bertz CT molecular complexity index is 263. The van der Waals surface area contributed by atoms with Crippen molar-refractivity contribution in [2.45, 2.75) is 38.6 Å². The fourth-order valence-corrected chi connectivity index (χ4v) is 1.78. The van der Waals surface area contributed by atoms with Crippen molar-refractivity contribution in [3.05, 3.63) is 35.9 Å². The van der Waals surface area contributed by atoms with E-state index in [0.29, 0.717) is 6.61 Å². The Morgan fingerprint density at radius 3 is 2.87 bits per heavy atom. The van der Waals surface area contributed by atoms with Gasteiger partial charge in [0.15, 0.2) is 6.29 Å². The standard InChI is InChI=1S/C13H18O2/c1-3-7-12(8-4-1)11-15-13-9-5-2-6-10-14-13/h1,3-4,7-8,13H,2,5-6,9-11H2.